The van der Waals surface area contributed by atoms with Gasteiger partial charge in [0.05, 0.1) is 5.02 Å². The van der Waals surface area contributed by atoms with Gasteiger partial charge >= 0.3 is 0 Å². The van der Waals surface area contributed by atoms with Crippen molar-refractivity contribution in [3.8, 4) is 5.75 Å². The highest BCUT2D eigenvalue weighted by Crippen LogP contribution is 2.26. The molecule has 0 aliphatic heterocycles. The highest BCUT2D eigenvalue weighted by atomic mass is 35.5. The maximum absolute atomic E-state index is 9.86. The number of halogens is 1. The number of nitrogens with one attached hydrogen (secondary N) is 1. The Kier molecular flexibility index (Phi) is 6.64. The van der Waals surface area contributed by atoms with E-state index in [2.05, 4.69) is 5.32 Å². The number of hydrogen-bond acceptors (Lipinski definition) is 3. The summed E-state index contributed by atoms with van der Waals surface area (Å²) in [5.74, 6) is 1.51. The number of hydrogen-bond donors (Lipinski definition) is 2. The molecule has 1 aromatic rings. The molecule has 1 aliphatic carbocycles. The van der Waals surface area contributed by atoms with Crippen molar-refractivity contribution in [2.75, 3.05) is 19.7 Å². The van der Waals surface area contributed by atoms with Crippen LogP contribution < -0.4 is 10.1 Å². The van der Waals surface area contributed by atoms with Crippen molar-refractivity contribution in [1.82, 2.24) is 5.32 Å². The fourth-order valence-electron chi connectivity index (χ4n) is 2.68. The van der Waals surface area contributed by atoms with E-state index in [-0.39, 0.29) is 6.61 Å². The van der Waals surface area contributed by atoms with Gasteiger partial charge in [-0.25, -0.2) is 0 Å². The van der Waals surface area contributed by atoms with Crippen LogP contribution in [0.1, 0.15) is 32.1 Å². The van der Waals surface area contributed by atoms with Crippen molar-refractivity contribution < 1.29 is 9.84 Å². The fraction of sp³-hybridized carbons (Fsp3) is 0.625. The summed E-state index contributed by atoms with van der Waals surface area (Å²) in [6.07, 6.45) is 6.24. The molecule has 0 spiro atoms. The smallest absolute Gasteiger partial charge is 0.138 e. The summed E-state index contributed by atoms with van der Waals surface area (Å²) in [6.45, 7) is 1.81. The molecule has 4 heteroatoms. The Labute approximate surface area is 126 Å². The van der Waals surface area contributed by atoms with Gasteiger partial charge in [0, 0.05) is 6.54 Å². The topological polar surface area (TPSA) is 41.5 Å². The summed E-state index contributed by atoms with van der Waals surface area (Å²) in [7, 11) is 0. The first-order chi connectivity index (χ1) is 9.75. The highest BCUT2D eigenvalue weighted by Gasteiger charge is 2.14. The Morgan fingerprint density at radius 2 is 2.05 bits per heavy atom. The average Bonchev–Trinajstić information content (AvgIpc) is 2.96. The van der Waals surface area contributed by atoms with Crippen LogP contribution in [0.4, 0.5) is 0 Å². The van der Waals surface area contributed by atoms with Crippen LogP contribution in [0.15, 0.2) is 24.3 Å². The van der Waals surface area contributed by atoms with Gasteiger partial charge in [-0.15, -0.1) is 0 Å². The molecule has 0 amide bonds. The van der Waals surface area contributed by atoms with Crippen molar-refractivity contribution in [2.24, 2.45) is 5.92 Å². The molecule has 0 heterocycles. The van der Waals surface area contributed by atoms with E-state index in [1.165, 1.54) is 32.1 Å². The third-order valence-electron chi connectivity index (χ3n) is 3.85. The van der Waals surface area contributed by atoms with E-state index in [1.807, 2.05) is 18.2 Å². The molecule has 112 valence electrons. The number of aliphatic hydroxyl groups excluding tert-OH is 1. The van der Waals surface area contributed by atoms with Crippen molar-refractivity contribution in [3.05, 3.63) is 29.3 Å². The molecule has 1 fully saturated rings. The summed E-state index contributed by atoms with van der Waals surface area (Å²) in [4.78, 5) is 0. The second-order valence-corrected chi connectivity index (χ2v) is 5.95. The van der Waals surface area contributed by atoms with Crippen LogP contribution >= 0.6 is 11.6 Å². The molecule has 0 saturated heterocycles. The SMILES string of the molecule is OC(CNCCC1CCCC1)COc1ccccc1Cl. The monoisotopic (exact) mass is 297 g/mol. The number of para-hydroxylation sites is 1. The normalized spacial score (nSPS) is 17.3. The Morgan fingerprint density at radius 3 is 2.80 bits per heavy atom. The Balaban J connectivity index is 1.56. The van der Waals surface area contributed by atoms with E-state index in [1.54, 1.807) is 6.07 Å². The van der Waals surface area contributed by atoms with Crippen molar-refractivity contribution in [3.63, 3.8) is 0 Å². The molecule has 0 aromatic heterocycles. The fourth-order valence-corrected chi connectivity index (χ4v) is 2.87. The number of rotatable bonds is 8. The van der Waals surface area contributed by atoms with Crippen molar-refractivity contribution in [2.45, 2.75) is 38.2 Å². The molecule has 0 bridgehead atoms. The van der Waals surface area contributed by atoms with Crippen molar-refractivity contribution in [1.29, 1.82) is 0 Å². The molecule has 2 rings (SSSR count). The van der Waals surface area contributed by atoms with Crippen LogP contribution in [0.25, 0.3) is 0 Å². The maximum atomic E-state index is 9.86. The molecule has 3 nitrogen and oxygen atoms in total. The first-order valence-corrected chi connectivity index (χ1v) is 7.89. The summed E-state index contributed by atoms with van der Waals surface area (Å²) in [6, 6.07) is 7.31. The van der Waals surface area contributed by atoms with Crippen LogP contribution in [0, 0.1) is 5.92 Å². The summed E-state index contributed by atoms with van der Waals surface area (Å²) in [5.41, 5.74) is 0. The van der Waals surface area contributed by atoms with E-state index in [4.69, 9.17) is 16.3 Å². The Hall–Kier alpha value is -0.770. The van der Waals surface area contributed by atoms with Gasteiger partial charge in [-0.3, -0.25) is 0 Å². The second kappa shape index (κ2) is 8.50. The van der Waals surface area contributed by atoms with E-state index in [0.29, 0.717) is 17.3 Å². The third kappa shape index (κ3) is 5.31. The van der Waals surface area contributed by atoms with Crippen LogP contribution in [0.2, 0.25) is 5.02 Å². The molecule has 1 atom stereocenters. The van der Waals surface area contributed by atoms with Gasteiger partial charge in [-0.1, -0.05) is 49.4 Å². The summed E-state index contributed by atoms with van der Waals surface area (Å²) in [5, 5.41) is 13.7. The zero-order valence-corrected chi connectivity index (χ0v) is 12.6. The molecule has 1 saturated carbocycles. The minimum Gasteiger partial charge on any atom is -0.489 e. The van der Waals surface area contributed by atoms with Crippen LogP contribution in [-0.4, -0.2) is 30.9 Å². The molecule has 1 aromatic carbocycles. The van der Waals surface area contributed by atoms with E-state index in [9.17, 15) is 5.11 Å². The lowest BCUT2D eigenvalue weighted by atomic mass is 10.0. The van der Waals surface area contributed by atoms with Crippen molar-refractivity contribution >= 4 is 11.6 Å². The zero-order chi connectivity index (χ0) is 14.2. The van der Waals surface area contributed by atoms with Gasteiger partial charge < -0.3 is 15.2 Å². The second-order valence-electron chi connectivity index (χ2n) is 5.54. The standard InChI is InChI=1S/C16H24ClNO2/c17-15-7-3-4-8-16(15)20-12-14(19)11-18-10-9-13-5-1-2-6-13/h3-4,7-8,13-14,18-19H,1-2,5-6,9-12H2. The number of benzene rings is 1. The van der Waals surface area contributed by atoms with Crippen LogP contribution in [0.3, 0.4) is 0 Å². The predicted molar refractivity (Wildman–Crippen MR) is 82.4 cm³/mol. The Bertz CT molecular complexity index is 394. The largest absolute Gasteiger partial charge is 0.489 e. The number of aliphatic hydroxyl groups is 1. The van der Waals surface area contributed by atoms with Crippen LogP contribution in [-0.2, 0) is 0 Å². The summed E-state index contributed by atoms with van der Waals surface area (Å²) < 4.78 is 5.51. The lowest BCUT2D eigenvalue weighted by Crippen LogP contribution is -2.32. The van der Waals surface area contributed by atoms with E-state index >= 15 is 0 Å². The van der Waals surface area contributed by atoms with Gasteiger partial charge in [0.2, 0.25) is 0 Å². The minimum absolute atomic E-state index is 0.264. The third-order valence-corrected chi connectivity index (χ3v) is 4.16. The maximum Gasteiger partial charge on any atom is 0.138 e. The molecule has 1 aliphatic rings. The molecule has 20 heavy (non-hydrogen) atoms. The van der Waals surface area contributed by atoms with E-state index in [0.717, 1.165) is 12.5 Å². The first-order valence-electron chi connectivity index (χ1n) is 7.52. The lowest BCUT2D eigenvalue weighted by Gasteiger charge is -2.15. The molecular formula is C16H24ClNO2. The molecular weight excluding hydrogens is 274 g/mol. The van der Waals surface area contributed by atoms with Gasteiger partial charge in [0.25, 0.3) is 0 Å². The van der Waals surface area contributed by atoms with Crippen LogP contribution in [0.5, 0.6) is 5.75 Å². The lowest BCUT2D eigenvalue weighted by molar-refractivity contribution is 0.106. The van der Waals surface area contributed by atoms with E-state index < -0.39 is 6.10 Å². The van der Waals surface area contributed by atoms with Gasteiger partial charge in [-0.2, -0.15) is 0 Å². The zero-order valence-electron chi connectivity index (χ0n) is 11.9. The summed E-state index contributed by atoms with van der Waals surface area (Å²) >= 11 is 5.98. The molecule has 1 unspecified atom stereocenters. The highest BCUT2D eigenvalue weighted by molar-refractivity contribution is 6.32. The quantitative estimate of drug-likeness (QED) is 0.724. The average molecular weight is 298 g/mol. The Morgan fingerprint density at radius 1 is 1.30 bits per heavy atom. The van der Waals surface area contributed by atoms with Gasteiger partial charge in [0.15, 0.2) is 0 Å². The molecule has 0 radical (unpaired) electrons. The first kappa shape index (κ1) is 15.6. The van der Waals surface area contributed by atoms with Gasteiger partial charge in [-0.05, 0) is 31.0 Å². The predicted octanol–water partition coefficient (Wildman–Crippen LogP) is 3.25. The van der Waals surface area contributed by atoms with Gasteiger partial charge in [0.1, 0.15) is 18.5 Å². The minimum atomic E-state index is -0.505. The number of ether oxygens (including phenoxy) is 1. The molecule has 2 N–H and O–H groups in total.